The summed E-state index contributed by atoms with van der Waals surface area (Å²) in [6.07, 6.45) is 5.18. The van der Waals surface area contributed by atoms with Crippen molar-refractivity contribution in [2.24, 2.45) is 0 Å². The highest BCUT2D eigenvalue weighted by Gasteiger charge is 2.12. The molecule has 118 valence electrons. The first-order chi connectivity index (χ1) is 11.8. The van der Waals surface area contributed by atoms with Crippen LogP contribution in [0.15, 0.2) is 64.9 Å². The zero-order valence-electron chi connectivity index (χ0n) is 12.6. The van der Waals surface area contributed by atoms with E-state index in [1.165, 1.54) is 6.26 Å². The highest BCUT2D eigenvalue weighted by Crippen LogP contribution is 2.24. The number of carbonyl (C=O) groups is 1. The van der Waals surface area contributed by atoms with Crippen LogP contribution in [0, 0.1) is 0 Å². The maximum absolute atomic E-state index is 12.3. The van der Waals surface area contributed by atoms with E-state index in [1.807, 2.05) is 41.8 Å². The van der Waals surface area contributed by atoms with Crippen LogP contribution in [0.5, 0.6) is 0 Å². The molecular formula is C18H13N3O2S. The predicted molar refractivity (Wildman–Crippen MR) is 93.9 cm³/mol. The zero-order valence-corrected chi connectivity index (χ0v) is 13.4. The molecule has 0 spiro atoms. The van der Waals surface area contributed by atoms with Crippen molar-refractivity contribution in [3.05, 3.63) is 66.1 Å². The number of anilines is 1. The first-order valence-electron chi connectivity index (χ1n) is 7.40. The molecule has 0 radical (unpaired) electrons. The number of nitrogens with zero attached hydrogens (tertiary/aromatic N) is 2. The summed E-state index contributed by atoms with van der Waals surface area (Å²) in [6.45, 7) is 0. The molecule has 3 heterocycles. The van der Waals surface area contributed by atoms with Crippen molar-refractivity contribution in [2.45, 2.75) is 6.42 Å². The highest BCUT2D eigenvalue weighted by atomic mass is 32.1. The van der Waals surface area contributed by atoms with Gasteiger partial charge >= 0.3 is 0 Å². The maximum atomic E-state index is 12.3. The summed E-state index contributed by atoms with van der Waals surface area (Å²) in [5.41, 5.74) is 1.37. The van der Waals surface area contributed by atoms with Gasteiger partial charge in [-0.3, -0.25) is 9.78 Å². The number of fused-ring (bicyclic) bond motifs is 1. The van der Waals surface area contributed by atoms with E-state index < -0.39 is 0 Å². The van der Waals surface area contributed by atoms with E-state index >= 15 is 0 Å². The molecule has 0 atom stereocenters. The summed E-state index contributed by atoms with van der Waals surface area (Å²) in [5, 5.41) is 6.83. The van der Waals surface area contributed by atoms with Crippen molar-refractivity contribution in [2.75, 3.05) is 5.32 Å². The van der Waals surface area contributed by atoms with Crippen LogP contribution in [0.25, 0.3) is 21.5 Å². The van der Waals surface area contributed by atoms with Crippen LogP contribution in [0.4, 0.5) is 5.69 Å². The van der Waals surface area contributed by atoms with Crippen LogP contribution < -0.4 is 5.32 Å². The van der Waals surface area contributed by atoms with Gasteiger partial charge in [0, 0.05) is 28.9 Å². The fourth-order valence-electron chi connectivity index (χ4n) is 2.49. The lowest BCUT2D eigenvalue weighted by Gasteiger charge is -2.07. The molecule has 5 nitrogen and oxygen atoms in total. The highest BCUT2D eigenvalue weighted by molar-refractivity contribution is 7.13. The van der Waals surface area contributed by atoms with Gasteiger partial charge in [0.1, 0.15) is 6.26 Å². The summed E-state index contributed by atoms with van der Waals surface area (Å²) >= 11 is 1.55. The Kier molecular flexibility index (Phi) is 3.80. The van der Waals surface area contributed by atoms with Crippen LogP contribution >= 0.6 is 11.3 Å². The number of nitrogens with one attached hydrogen (secondary N) is 1. The number of thiophene rings is 1. The molecule has 0 fully saturated rings. The molecule has 6 heteroatoms. The summed E-state index contributed by atoms with van der Waals surface area (Å²) in [4.78, 5) is 21.7. The third-order valence-corrected chi connectivity index (χ3v) is 4.44. The van der Waals surface area contributed by atoms with E-state index in [0.29, 0.717) is 11.6 Å². The lowest BCUT2D eigenvalue weighted by Crippen LogP contribution is -2.14. The van der Waals surface area contributed by atoms with Gasteiger partial charge in [0.2, 0.25) is 11.8 Å². The van der Waals surface area contributed by atoms with E-state index in [2.05, 4.69) is 15.3 Å². The van der Waals surface area contributed by atoms with Crippen LogP contribution in [-0.2, 0) is 11.2 Å². The van der Waals surface area contributed by atoms with Gasteiger partial charge in [-0.2, -0.15) is 0 Å². The summed E-state index contributed by atoms with van der Waals surface area (Å²) in [7, 11) is 0. The minimum atomic E-state index is -0.134. The van der Waals surface area contributed by atoms with Gasteiger partial charge in [0.05, 0.1) is 17.0 Å². The van der Waals surface area contributed by atoms with Gasteiger partial charge in [-0.1, -0.05) is 18.2 Å². The van der Waals surface area contributed by atoms with E-state index in [0.717, 1.165) is 21.3 Å². The molecule has 1 aromatic carbocycles. The maximum Gasteiger partial charge on any atom is 0.236 e. The van der Waals surface area contributed by atoms with Gasteiger partial charge in [-0.05, 0) is 23.6 Å². The molecule has 4 aromatic rings. The minimum Gasteiger partial charge on any atom is -0.444 e. The Morgan fingerprint density at radius 2 is 2.17 bits per heavy atom. The van der Waals surface area contributed by atoms with Crippen molar-refractivity contribution in [3.63, 3.8) is 0 Å². The Labute approximate surface area is 142 Å². The van der Waals surface area contributed by atoms with E-state index in [9.17, 15) is 4.79 Å². The van der Waals surface area contributed by atoms with E-state index in [-0.39, 0.29) is 12.3 Å². The normalized spacial score (nSPS) is 10.8. The average Bonchev–Trinajstić information content (AvgIpc) is 3.26. The molecular weight excluding hydrogens is 322 g/mol. The lowest BCUT2D eigenvalue weighted by molar-refractivity contribution is -0.115. The van der Waals surface area contributed by atoms with Crippen molar-refractivity contribution in [1.29, 1.82) is 0 Å². The van der Waals surface area contributed by atoms with E-state index in [4.69, 9.17) is 4.42 Å². The van der Waals surface area contributed by atoms with Crippen molar-refractivity contribution in [3.8, 4) is 10.8 Å². The number of rotatable bonds is 4. The molecule has 0 saturated carbocycles. The minimum absolute atomic E-state index is 0.134. The lowest BCUT2D eigenvalue weighted by atomic mass is 10.1. The predicted octanol–water partition coefficient (Wildman–Crippen LogP) is 4.13. The standard InChI is InChI=1S/C18H13N3O2S/c22-17(9-13-11-23-18(20-13)16-5-2-8-24-16)21-15-4-1-3-12-10-19-7-6-14(12)15/h1-8,10-11H,9H2,(H,21,22). The molecule has 0 saturated heterocycles. The Bertz CT molecular complexity index is 987. The fourth-order valence-corrected chi connectivity index (χ4v) is 3.15. The van der Waals surface area contributed by atoms with Crippen molar-refractivity contribution < 1.29 is 9.21 Å². The smallest absolute Gasteiger partial charge is 0.236 e. The van der Waals surface area contributed by atoms with Gasteiger partial charge in [0.25, 0.3) is 0 Å². The number of oxazole rings is 1. The number of benzene rings is 1. The quantitative estimate of drug-likeness (QED) is 0.609. The summed E-state index contributed by atoms with van der Waals surface area (Å²) < 4.78 is 5.44. The Morgan fingerprint density at radius 1 is 1.21 bits per heavy atom. The molecule has 0 aliphatic carbocycles. The first kappa shape index (κ1) is 14.6. The number of hydrogen-bond acceptors (Lipinski definition) is 5. The first-order valence-corrected chi connectivity index (χ1v) is 8.28. The largest absolute Gasteiger partial charge is 0.444 e. The summed E-state index contributed by atoms with van der Waals surface area (Å²) in [6, 6.07) is 11.5. The summed E-state index contributed by atoms with van der Waals surface area (Å²) in [5.74, 6) is 0.411. The second kappa shape index (κ2) is 6.25. The van der Waals surface area contributed by atoms with Crippen LogP contribution in [0.2, 0.25) is 0 Å². The third-order valence-electron chi connectivity index (χ3n) is 3.58. The van der Waals surface area contributed by atoms with Crippen LogP contribution in [0.3, 0.4) is 0 Å². The van der Waals surface area contributed by atoms with Crippen LogP contribution in [-0.4, -0.2) is 15.9 Å². The topological polar surface area (TPSA) is 68.0 Å². The molecule has 0 unspecified atom stereocenters. The number of hydrogen-bond donors (Lipinski definition) is 1. The number of carbonyl (C=O) groups excluding carboxylic acids is 1. The molecule has 24 heavy (non-hydrogen) atoms. The second-order valence-corrected chi connectivity index (χ2v) is 6.20. The average molecular weight is 335 g/mol. The second-order valence-electron chi connectivity index (χ2n) is 5.25. The molecule has 3 aromatic heterocycles. The Balaban J connectivity index is 1.50. The monoisotopic (exact) mass is 335 g/mol. The van der Waals surface area contributed by atoms with Gasteiger partial charge in [-0.25, -0.2) is 4.98 Å². The molecule has 1 amide bonds. The van der Waals surface area contributed by atoms with Crippen molar-refractivity contribution >= 4 is 33.7 Å². The molecule has 1 N–H and O–H groups in total. The van der Waals surface area contributed by atoms with Crippen LogP contribution in [0.1, 0.15) is 5.69 Å². The Morgan fingerprint density at radius 3 is 3.04 bits per heavy atom. The third kappa shape index (κ3) is 2.91. The Hall–Kier alpha value is -2.99. The SMILES string of the molecule is O=C(Cc1coc(-c2cccs2)n1)Nc1cccc2cnccc12. The van der Waals surface area contributed by atoms with Gasteiger partial charge < -0.3 is 9.73 Å². The molecule has 0 bridgehead atoms. The molecule has 0 aliphatic heterocycles. The fraction of sp³-hybridized carbons (Fsp3) is 0.0556. The zero-order chi connectivity index (χ0) is 16.4. The molecule has 0 aliphatic rings. The molecule has 4 rings (SSSR count). The number of aromatic nitrogens is 2. The van der Waals surface area contributed by atoms with Gasteiger partial charge in [-0.15, -0.1) is 11.3 Å². The number of pyridine rings is 1. The van der Waals surface area contributed by atoms with Gasteiger partial charge in [0.15, 0.2) is 0 Å². The van der Waals surface area contributed by atoms with Crippen molar-refractivity contribution in [1.82, 2.24) is 9.97 Å². The van der Waals surface area contributed by atoms with E-state index in [1.54, 1.807) is 23.7 Å². The number of amides is 1.